The molecule has 1 amide bonds. The van der Waals surface area contributed by atoms with Crippen LogP contribution in [0.3, 0.4) is 0 Å². The standard InChI is InChI=1S/C17H14N2O3S3/c20-15(19-5-3-13-11(8-19)4-7-24-13)9-22-17(21)12-10-25-16(18-12)14-2-1-6-23-14/h1-2,4,6-7,10H,3,5,8-9H2. The first-order chi connectivity index (χ1) is 12.2. The van der Waals surface area contributed by atoms with Gasteiger partial charge >= 0.3 is 5.97 Å². The van der Waals surface area contributed by atoms with Gasteiger partial charge in [0.15, 0.2) is 12.3 Å². The molecule has 3 aromatic heterocycles. The van der Waals surface area contributed by atoms with E-state index >= 15 is 0 Å². The number of carbonyl (C=O) groups excluding carboxylic acids is 2. The van der Waals surface area contributed by atoms with Crippen molar-refractivity contribution in [2.24, 2.45) is 0 Å². The molecule has 25 heavy (non-hydrogen) atoms. The van der Waals surface area contributed by atoms with Crippen molar-refractivity contribution in [3.05, 3.63) is 50.5 Å². The van der Waals surface area contributed by atoms with Crippen molar-refractivity contribution < 1.29 is 14.3 Å². The van der Waals surface area contributed by atoms with Crippen LogP contribution in [-0.4, -0.2) is 34.9 Å². The van der Waals surface area contributed by atoms with Crippen molar-refractivity contribution in [3.8, 4) is 9.88 Å². The molecule has 0 spiro atoms. The van der Waals surface area contributed by atoms with Crippen molar-refractivity contribution in [1.29, 1.82) is 0 Å². The van der Waals surface area contributed by atoms with Crippen LogP contribution >= 0.6 is 34.0 Å². The second kappa shape index (κ2) is 7.07. The molecule has 3 aromatic rings. The highest BCUT2D eigenvalue weighted by Crippen LogP contribution is 2.28. The first kappa shape index (κ1) is 16.4. The number of fused-ring (bicyclic) bond motifs is 1. The van der Waals surface area contributed by atoms with E-state index in [4.69, 9.17) is 4.74 Å². The zero-order chi connectivity index (χ0) is 17.2. The van der Waals surface area contributed by atoms with E-state index in [1.807, 2.05) is 29.0 Å². The Hall–Kier alpha value is -2.03. The van der Waals surface area contributed by atoms with Gasteiger partial charge in [0.25, 0.3) is 5.91 Å². The summed E-state index contributed by atoms with van der Waals surface area (Å²) in [4.78, 5) is 32.8. The highest BCUT2D eigenvalue weighted by molar-refractivity contribution is 7.20. The molecule has 1 aliphatic rings. The number of carbonyl (C=O) groups is 2. The SMILES string of the molecule is O=C(OCC(=O)N1CCc2sccc2C1)c1csc(-c2cccs2)n1. The summed E-state index contributed by atoms with van der Waals surface area (Å²) in [7, 11) is 0. The summed E-state index contributed by atoms with van der Waals surface area (Å²) in [6.07, 6.45) is 0.864. The maximum absolute atomic E-state index is 12.3. The van der Waals surface area contributed by atoms with Gasteiger partial charge in [-0.3, -0.25) is 4.79 Å². The van der Waals surface area contributed by atoms with Crippen LogP contribution in [0.2, 0.25) is 0 Å². The average Bonchev–Trinajstić information content (AvgIpc) is 3.38. The second-order valence-corrected chi connectivity index (χ2v) is 8.33. The first-order valence-electron chi connectivity index (χ1n) is 7.70. The van der Waals surface area contributed by atoms with Crippen LogP contribution in [0, 0.1) is 0 Å². The molecule has 128 valence electrons. The van der Waals surface area contributed by atoms with E-state index in [-0.39, 0.29) is 18.2 Å². The Morgan fingerprint density at radius 3 is 2.96 bits per heavy atom. The van der Waals surface area contributed by atoms with Crippen LogP contribution in [0.4, 0.5) is 0 Å². The van der Waals surface area contributed by atoms with E-state index in [2.05, 4.69) is 4.98 Å². The number of nitrogens with zero attached hydrogens (tertiary/aromatic N) is 2. The van der Waals surface area contributed by atoms with Gasteiger partial charge in [-0.2, -0.15) is 0 Å². The number of ether oxygens (including phenoxy) is 1. The monoisotopic (exact) mass is 390 g/mol. The molecular formula is C17H14N2O3S3. The van der Waals surface area contributed by atoms with Crippen molar-refractivity contribution in [1.82, 2.24) is 9.88 Å². The molecule has 0 aliphatic carbocycles. The highest BCUT2D eigenvalue weighted by Gasteiger charge is 2.23. The summed E-state index contributed by atoms with van der Waals surface area (Å²) in [5.41, 5.74) is 1.44. The fourth-order valence-corrected chi connectivity index (χ4v) is 5.13. The molecule has 0 unspecified atom stereocenters. The van der Waals surface area contributed by atoms with E-state index in [0.717, 1.165) is 16.3 Å². The summed E-state index contributed by atoms with van der Waals surface area (Å²) in [6.45, 7) is 1.02. The average molecular weight is 391 g/mol. The molecule has 4 heterocycles. The number of rotatable bonds is 4. The van der Waals surface area contributed by atoms with Crippen LogP contribution in [-0.2, 0) is 22.5 Å². The van der Waals surface area contributed by atoms with E-state index in [1.165, 1.54) is 21.8 Å². The van der Waals surface area contributed by atoms with Gasteiger partial charge in [0.1, 0.15) is 5.01 Å². The van der Waals surface area contributed by atoms with Gasteiger partial charge in [0.2, 0.25) is 0 Å². The lowest BCUT2D eigenvalue weighted by Gasteiger charge is -2.26. The van der Waals surface area contributed by atoms with Gasteiger partial charge in [-0.05, 0) is 34.9 Å². The zero-order valence-corrected chi connectivity index (χ0v) is 15.6. The number of aromatic nitrogens is 1. The molecule has 0 radical (unpaired) electrons. The smallest absolute Gasteiger partial charge is 0.358 e. The number of hydrogen-bond acceptors (Lipinski definition) is 7. The minimum atomic E-state index is -0.555. The largest absolute Gasteiger partial charge is 0.451 e. The quantitative estimate of drug-likeness (QED) is 0.638. The van der Waals surface area contributed by atoms with Crippen LogP contribution in [0.5, 0.6) is 0 Å². The number of esters is 1. The summed E-state index contributed by atoms with van der Waals surface area (Å²) < 4.78 is 5.16. The maximum Gasteiger partial charge on any atom is 0.358 e. The Kier molecular flexibility index (Phi) is 4.65. The second-order valence-electron chi connectivity index (χ2n) is 5.53. The molecule has 4 rings (SSSR count). The first-order valence-corrected chi connectivity index (χ1v) is 10.3. The van der Waals surface area contributed by atoms with Crippen molar-refractivity contribution in [2.45, 2.75) is 13.0 Å². The predicted molar refractivity (Wildman–Crippen MR) is 99.1 cm³/mol. The molecule has 0 fully saturated rings. The molecule has 0 atom stereocenters. The van der Waals surface area contributed by atoms with Gasteiger partial charge in [0.05, 0.1) is 4.88 Å². The molecule has 0 bridgehead atoms. The summed E-state index contributed by atoms with van der Waals surface area (Å²) in [5.74, 6) is -0.723. The Morgan fingerprint density at radius 2 is 2.12 bits per heavy atom. The van der Waals surface area contributed by atoms with E-state index < -0.39 is 5.97 Å². The molecule has 1 aliphatic heterocycles. The summed E-state index contributed by atoms with van der Waals surface area (Å²) >= 11 is 4.69. The van der Waals surface area contributed by atoms with Crippen molar-refractivity contribution in [3.63, 3.8) is 0 Å². The van der Waals surface area contributed by atoms with Gasteiger partial charge in [-0.15, -0.1) is 34.0 Å². The van der Waals surface area contributed by atoms with Crippen molar-refractivity contribution in [2.75, 3.05) is 13.2 Å². The minimum Gasteiger partial charge on any atom is -0.451 e. The van der Waals surface area contributed by atoms with Crippen LogP contribution in [0.1, 0.15) is 20.9 Å². The highest BCUT2D eigenvalue weighted by atomic mass is 32.1. The van der Waals surface area contributed by atoms with E-state index in [1.54, 1.807) is 33.0 Å². The van der Waals surface area contributed by atoms with Crippen LogP contribution in [0.25, 0.3) is 9.88 Å². The van der Waals surface area contributed by atoms with Gasteiger partial charge < -0.3 is 9.64 Å². The number of thiazole rings is 1. The molecule has 0 aromatic carbocycles. The Morgan fingerprint density at radius 1 is 1.20 bits per heavy atom. The molecule has 0 N–H and O–H groups in total. The zero-order valence-electron chi connectivity index (χ0n) is 13.1. The van der Waals surface area contributed by atoms with E-state index in [9.17, 15) is 9.59 Å². The summed E-state index contributed by atoms with van der Waals surface area (Å²) in [5, 5.41) is 6.46. The minimum absolute atomic E-state index is 0.168. The third kappa shape index (κ3) is 3.51. The lowest BCUT2D eigenvalue weighted by Crippen LogP contribution is -2.38. The maximum atomic E-state index is 12.3. The Balaban J connectivity index is 1.34. The third-order valence-electron chi connectivity index (χ3n) is 3.93. The molecule has 0 saturated carbocycles. The van der Waals surface area contributed by atoms with Gasteiger partial charge in [0, 0.05) is 23.3 Å². The molecular weight excluding hydrogens is 376 g/mol. The summed E-state index contributed by atoms with van der Waals surface area (Å²) in [6, 6.07) is 5.94. The fraction of sp³-hybridized carbons (Fsp3) is 0.235. The molecule has 0 saturated heterocycles. The van der Waals surface area contributed by atoms with E-state index in [0.29, 0.717) is 13.1 Å². The number of amides is 1. The fourth-order valence-electron chi connectivity index (χ4n) is 2.63. The van der Waals surface area contributed by atoms with Crippen LogP contribution < -0.4 is 0 Å². The lowest BCUT2D eigenvalue weighted by atomic mass is 10.1. The topological polar surface area (TPSA) is 59.5 Å². The normalized spacial score (nSPS) is 13.5. The number of hydrogen-bond donors (Lipinski definition) is 0. The predicted octanol–water partition coefficient (Wildman–Crippen LogP) is 3.67. The number of thiophene rings is 2. The molecule has 5 nitrogen and oxygen atoms in total. The van der Waals surface area contributed by atoms with Gasteiger partial charge in [-0.1, -0.05) is 6.07 Å². The molecule has 8 heteroatoms. The van der Waals surface area contributed by atoms with Crippen LogP contribution in [0.15, 0.2) is 34.3 Å². The van der Waals surface area contributed by atoms with Gasteiger partial charge in [-0.25, -0.2) is 9.78 Å². The lowest BCUT2D eigenvalue weighted by molar-refractivity contribution is -0.135. The Bertz CT molecular complexity index is 898. The van der Waals surface area contributed by atoms with Crippen molar-refractivity contribution >= 4 is 45.9 Å². The Labute approximate surface area is 156 Å². The third-order valence-corrected chi connectivity index (χ3v) is 6.84.